The minimum absolute atomic E-state index is 0.0514. The molecule has 0 aliphatic rings. The van der Waals surface area contributed by atoms with Crippen molar-refractivity contribution in [2.24, 2.45) is 0 Å². The van der Waals surface area contributed by atoms with Crippen molar-refractivity contribution in [3.05, 3.63) is 132 Å². The molecule has 4 aromatic rings. The highest BCUT2D eigenvalue weighted by molar-refractivity contribution is 7.85. The van der Waals surface area contributed by atoms with Crippen LogP contribution in [0.5, 0.6) is 0 Å². The minimum Gasteiger partial charge on any atom is -0.294 e. The number of benzene rings is 3. The Kier molecular flexibility index (Phi) is 7.36. The number of nitrogens with zero attached hydrogens (tertiary/aromatic N) is 1. The standard InChI is InChI=1S/C28H25NO2S/c30-26(24-16-8-3-9-17-24)21-25(23-14-6-2-7-15-23)27(20-22-12-4-1-5-13-22)32(31)28-18-10-11-19-29-28/h1-19,25,27H,20-21H2/t25-,27+,32-/m0/s1. The van der Waals surface area contributed by atoms with Crippen molar-refractivity contribution in [2.45, 2.75) is 29.0 Å². The molecule has 0 radical (unpaired) electrons. The Bertz CT molecular complexity index is 1150. The summed E-state index contributed by atoms with van der Waals surface area (Å²) in [6.45, 7) is 0. The van der Waals surface area contributed by atoms with Crippen LogP contribution >= 0.6 is 0 Å². The second kappa shape index (κ2) is 10.8. The van der Waals surface area contributed by atoms with Crippen LogP contribution in [0.2, 0.25) is 0 Å². The summed E-state index contributed by atoms with van der Waals surface area (Å²) in [5.41, 5.74) is 2.78. The van der Waals surface area contributed by atoms with Crippen LogP contribution in [0.25, 0.3) is 0 Å². The molecule has 4 heteroatoms. The predicted molar refractivity (Wildman–Crippen MR) is 129 cm³/mol. The predicted octanol–water partition coefficient (Wildman–Crippen LogP) is 5.86. The molecule has 0 bridgehead atoms. The third-order valence-corrected chi connectivity index (χ3v) is 7.28. The highest BCUT2D eigenvalue weighted by atomic mass is 32.2. The molecule has 3 nitrogen and oxygen atoms in total. The minimum atomic E-state index is -1.39. The van der Waals surface area contributed by atoms with E-state index < -0.39 is 10.8 Å². The average Bonchev–Trinajstić information content (AvgIpc) is 2.88. The quantitative estimate of drug-likeness (QED) is 0.307. The number of rotatable bonds is 9. The van der Waals surface area contributed by atoms with Gasteiger partial charge in [0.2, 0.25) is 0 Å². The van der Waals surface area contributed by atoms with Crippen LogP contribution < -0.4 is 0 Å². The van der Waals surface area contributed by atoms with Crippen molar-refractivity contribution in [3.63, 3.8) is 0 Å². The molecule has 3 aromatic carbocycles. The molecule has 0 amide bonds. The van der Waals surface area contributed by atoms with E-state index >= 15 is 0 Å². The smallest absolute Gasteiger partial charge is 0.163 e. The van der Waals surface area contributed by atoms with E-state index in [1.54, 1.807) is 12.3 Å². The fourth-order valence-corrected chi connectivity index (χ4v) is 5.52. The van der Waals surface area contributed by atoms with Gasteiger partial charge in [-0.3, -0.25) is 9.00 Å². The third kappa shape index (κ3) is 5.45. The number of aromatic nitrogens is 1. The normalized spacial score (nSPS) is 13.8. The third-order valence-electron chi connectivity index (χ3n) is 5.58. The van der Waals surface area contributed by atoms with E-state index in [4.69, 9.17) is 0 Å². The number of pyridine rings is 1. The van der Waals surface area contributed by atoms with Crippen LogP contribution in [0, 0.1) is 0 Å². The SMILES string of the molecule is O=C(C[C@@H](c1ccccc1)[C@@H](Cc1ccccc1)[S@](=O)c1ccccn1)c1ccccc1. The topological polar surface area (TPSA) is 47.0 Å². The maximum absolute atomic E-state index is 13.8. The van der Waals surface area contributed by atoms with E-state index in [0.29, 0.717) is 17.0 Å². The summed E-state index contributed by atoms with van der Waals surface area (Å²) in [5.74, 6) is -0.164. The summed E-state index contributed by atoms with van der Waals surface area (Å²) in [7, 11) is -1.39. The van der Waals surface area contributed by atoms with E-state index in [0.717, 1.165) is 11.1 Å². The fourth-order valence-electron chi connectivity index (χ4n) is 3.94. The molecule has 32 heavy (non-hydrogen) atoms. The summed E-state index contributed by atoms with van der Waals surface area (Å²) in [6.07, 6.45) is 2.54. The zero-order valence-electron chi connectivity index (χ0n) is 17.7. The van der Waals surface area contributed by atoms with Gasteiger partial charge in [0.15, 0.2) is 5.78 Å². The maximum atomic E-state index is 13.8. The first kappa shape index (κ1) is 21.8. The van der Waals surface area contributed by atoms with Gasteiger partial charge in [0, 0.05) is 24.1 Å². The molecule has 4 rings (SSSR count). The molecule has 0 spiro atoms. The van der Waals surface area contributed by atoms with Crippen molar-refractivity contribution >= 4 is 16.6 Å². The van der Waals surface area contributed by atoms with Gasteiger partial charge in [0.05, 0.1) is 16.0 Å². The Morgan fingerprint density at radius 2 is 1.34 bits per heavy atom. The lowest BCUT2D eigenvalue weighted by molar-refractivity contribution is 0.0973. The van der Waals surface area contributed by atoms with Crippen molar-refractivity contribution in [1.29, 1.82) is 0 Å². The molecule has 160 valence electrons. The molecule has 0 unspecified atom stereocenters. The van der Waals surface area contributed by atoms with Crippen LogP contribution in [-0.4, -0.2) is 20.2 Å². The second-order valence-corrected chi connectivity index (χ2v) is 9.32. The molecule has 0 N–H and O–H groups in total. The van der Waals surface area contributed by atoms with Gasteiger partial charge >= 0.3 is 0 Å². The highest BCUT2D eigenvalue weighted by Gasteiger charge is 2.32. The largest absolute Gasteiger partial charge is 0.294 e. The van der Waals surface area contributed by atoms with Crippen molar-refractivity contribution in [3.8, 4) is 0 Å². The first-order valence-electron chi connectivity index (χ1n) is 10.7. The lowest BCUT2D eigenvalue weighted by atomic mass is 9.86. The number of carbonyl (C=O) groups excluding carboxylic acids is 1. The lowest BCUT2D eigenvalue weighted by Crippen LogP contribution is -2.29. The van der Waals surface area contributed by atoms with Crippen molar-refractivity contribution in [2.75, 3.05) is 0 Å². The van der Waals surface area contributed by atoms with E-state index in [9.17, 15) is 9.00 Å². The zero-order valence-corrected chi connectivity index (χ0v) is 18.5. The van der Waals surface area contributed by atoms with Crippen LogP contribution in [0.15, 0.2) is 120 Å². The van der Waals surface area contributed by atoms with Crippen molar-refractivity contribution < 1.29 is 9.00 Å². The molecule has 0 aliphatic carbocycles. The number of hydrogen-bond acceptors (Lipinski definition) is 3. The molecule has 1 aromatic heterocycles. The van der Waals surface area contributed by atoms with Gasteiger partial charge in [-0.25, -0.2) is 4.98 Å². The number of ketones is 1. The van der Waals surface area contributed by atoms with Crippen LogP contribution in [0.1, 0.15) is 33.8 Å². The van der Waals surface area contributed by atoms with E-state index in [1.807, 2.05) is 103 Å². The summed E-state index contributed by atoms with van der Waals surface area (Å²) in [4.78, 5) is 17.6. The van der Waals surface area contributed by atoms with Crippen molar-refractivity contribution in [1.82, 2.24) is 4.98 Å². The van der Waals surface area contributed by atoms with E-state index in [2.05, 4.69) is 4.98 Å². The van der Waals surface area contributed by atoms with Gasteiger partial charge in [-0.15, -0.1) is 0 Å². The molecule has 3 atom stereocenters. The Hall–Kier alpha value is -3.37. The van der Waals surface area contributed by atoms with Gasteiger partial charge < -0.3 is 0 Å². The Morgan fingerprint density at radius 3 is 1.97 bits per heavy atom. The second-order valence-electron chi connectivity index (χ2n) is 7.70. The number of hydrogen-bond donors (Lipinski definition) is 0. The summed E-state index contributed by atoms with van der Waals surface area (Å²) in [6, 6.07) is 34.8. The average molecular weight is 440 g/mol. The zero-order chi connectivity index (χ0) is 22.2. The van der Waals surface area contributed by atoms with Gasteiger partial charge in [-0.2, -0.15) is 0 Å². The Morgan fingerprint density at radius 1 is 0.750 bits per heavy atom. The fraction of sp³-hybridized carbons (Fsp3) is 0.143. The summed E-state index contributed by atoms with van der Waals surface area (Å²) >= 11 is 0. The molecule has 0 fully saturated rings. The van der Waals surface area contributed by atoms with Gasteiger partial charge in [-0.1, -0.05) is 97.1 Å². The number of Topliss-reactive ketones (excluding diaryl/α,β-unsaturated/α-hetero) is 1. The van der Waals surface area contributed by atoms with Gasteiger partial charge in [-0.05, 0) is 29.7 Å². The Labute approximate surface area is 191 Å². The Balaban J connectivity index is 1.74. The summed E-state index contributed by atoms with van der Waals surface area (Å²) < 4.78 is 13.8. The first-order chi connectivity index (χ1) is 15.7. The van der Waals surface area contributed by atoms with Crippen LogP contribution in [0.3, 0.4) is 0 Å². The molecular formula is C28H25NO2S. The first-order valence-corrected chi connectivity index (χ1v) is 11.9. The molecule has 1 heterocycles. The summed E-state index contributed by atoms with van der Waals surface area (Å²) in [5, 5.41) is 0.240. The van der Waals surface area contributed by atoms with E-state index in [1.165, 1.54) is 0 Å². The lowest BCUT2D eigenvalue weighted by Gasteiger charge is -2.27. The molecule has 0 saturated carbocycles. The number of carbonyl (C=O) groups is 1. The van der Waals surface area contributed by atoms with E-state index in [-0.39, 0.29) is 23.4 Å². The van der Waals surface area contributed by atoms with Crippen LogP contribution in [-0.2, 0) is 17.2 Å². The van der Waals surface area contributed by atoms with Crippen LogP contribution in [0.4, 0.5) is 0 Å². The van der Waals surface area contributed by atoms with Gasteiger partial charge in [0.1, 0.15) is 5.03 Å². The van der Waals surface area contributed by atoms with Gasteiger partial charge in [0.25, 0.3) is 0 Å². The molecule has 0 saturated heterocycles. The highest BCUT2D eigenvalue weighted by Crippen LogP contribution is 2.32. The molecule has 0 aliphatic heterocycles. The maximum Gasteiger partial charge on any atom is 0.163 e. The monoisotopic (exact) mass is 439 g/mol. The molecular weight excluding hydrogens is 414 g/mol.